The number of carbonyl (C=O) groups is 1. The summed E-state index contributed by atoms with van der Waals surface area (Å²) in [5.41, 5.74) is 0.869. The molecular formula is C13H11Cl2N3O. The van der Waals surface area contributed by atoms with E-state index in [2.05, 4.69) is 15.6 Å². The maximum Gasteiger partial charge on any atom is 0.258 e. The molecule has 0 aliphatic carbocycles. The lowest BCUT2D eigenvalue weighted by molar-refractivity contribution is 0.102. The molecule has 19 heavy (non-hydrogen) atoms. The first-order valence-electron chi connectivity index (χ1n) is 5.51. The molecule has 2 rings (SSSR count). The first-order valence-corrected chi connectivity index (χ1v) is 6.26. The molecule has 0 radical (unpaired) electrons. The number of rotatable bonds is 3. The van der Waals surface area contributed by atoms with Gasteiger partial charge in [-0.2, -0.15) is 0 Å². The fourth-order valence-electron chi connectivity index (χ4n) is 1.55. The van der Waals surface area contributed by atoms with Crippen LogP contribution in [-0.2, 0) is 0 Å². The van der Waals surface area contributed by atoms with Crippen LogP contribution in [0.2, 0.25) is 10.0 Å². The number of carbonyl (C=O) groups excluding carboxylic acids is 1. The third-order valence-electron chi connectivity index (χ3n) is 2.46. The van der Waals surface area contributed by atoms with Gasteiger partial charge >= 0.3 is 0 Å². The Balaban J connectivity index is 2.26. The Morgan fingerprint density at radius 1 is 1.21 bits per heavy atom. The second-order valence-corrected chi connectivity index (χ2v) is 4.54. The van der Waals surface area contributed by atoms with Gasteiger partial charge in [-0.1, -0.05) is 29.3 Å². The Bertz CT molecular complexity index is 596. The zero-order valence-corrected chi connectivity index (χ0v) is 11.6. The summed E-state index contributed by atoms with van der Waals surface area (Å²) in [6, 6.07) is 8.32. The lowest BCUT2D eigenvalue weighted by Gasteiger charge is -2.09. The summed E-state index contributed by atoms with van der Waals surface area (Å²) in [5.74, 6) is 0.298. The Morgan fingerprint density at radius 2 is 1.89 bits per heavy atom. The molecule has 98 valence electrons. The van der Waals surface area contributed by atoms with Crippen LogP contribution >= 0.6 is 23.2 Å². The molecule has 0 aliphatic rings. The Kier molecular flexibility index (Phi) is 4.24. The molecule has 4 nitrogen and oxygen atoms in total. The number of nitrogens with one attached hydrogen (secondary N) is 2. The van der Waals surface area contributed by atoms with Gasteiger partial charge in [0.05, 0.1) is 15.6 Å². The van der Waals surface area contributed by atoms with Crippen LogP contribution in [0.3, 0.4) is 0 Å². The first-order chi connectivity index (χ1) is 9.11. The molecule has 0 atom stereocenters. The van der Waals surface area contributed by atoms with Gasteiger partial charge in [-0.25, -0.2) is 4.98 Å². The van der Waals surface area contributed by atoms with Crippen LogP contribution < -0.4 is 10.6 Å². The summed E-state index contributed by atoms with van der Waals surface area (Å²) in [6.45, 7) is 0. The molecule has 1 aromatic carbocycles. The van der Waals surface area contributed by atoms with Crippen molar-refractivity contribution in [2.45, 2.75) is 0 Å². The van der Waals surface area contributed by atoms with E-state index in [1.807, 2.05) is 0 Å². The van der Waals surface area contributed by atoms with Gasteiger partial charge in [0.25, 0.3) is 5.91 Å². The monoisotopic (exact) mass is 295 g/mol. The van der Waals surface area contributed by atoms with E-state index in [1.165, 1.54) is 0 Å². The van der Waals surface area contributed by atoms with Gasteiger partial charge < -0.3 is 10.6 Å². The molecule has 1 heterocycles. The van der Waals surface area contributed by atoms with Crippen LogP contribution in [-0.4, -0.2) is 17.9 Å². The van der Waals surface area contributed by atoms with Crippen molar-refractivity contribution in [3.63, 3.8) is 0 Å². The normalized spacial score (nSPS) is 10.1. The van der Waals surface area contributed by atoms with Crippen molar-refractivity contribution in [3.05, 3.63) is 52.1 Å². The second-order valence-electron chi connectivity index (χ2n) is 3.73. The lowest BCUT2D eigenvalue weighted by atomic mass is 10.2. The van der Waals surface area contributed by atoms with Gasteiger partial charge in [0.1, 0.15) is 5.82 Å². The number of benzene rings is 1. The van der Waals surface area contributed by atoms with Crippen LogP contribution in [0.15, 0.2) is 36.5 Å². The summed E-state index contributed by atoms with van der Waals surface area (Å²) in [7, 11) is 1.75. The Hall–Kier alpha value is -1.78. The maximum atomic E-state index is 12.1. The van der Waals surface area contributed by atoms with E-state index in [4.69, 9.17) is 23.2 Å². The average molecular weight is 296 g/mol. The molecule has 0 bridgehead atoms. The van der Waals surface area contributed by atoms with Gasteiger partial charge in [-0.3, -0.25) is 4.79 Å². The van der Waals surface area contributed by atoms with E-state index in [9.17, 15) is 4.79 Å². The van der Waals surface area contributed by atoms with E-state index in [1.54, 1.807) is 43.6 Å². The van der Waals surface area contributed by atoms with Crippen molar-refractivity contribution in [3.8, 4) is 0 Å². The SMILES string of the molecule is CNc1cc(NC(=O)c2c(Cl)cccc2Cl)ccn1. The van der Waals surface area contributed by atoms with Gasteiger partial charge in [-0.15, -0.1) is 0 Å². The van der Waals surface area contributed by atoms with Crippen LogP contribution in [0.25, 0.3) is 0 Å². The minimum atomic E-state index is -0.358. The molecule has 2 N–H and O–H groups in total. The largest absolute Gasteiger partial charge is 0.373 e. The minimum absolute atomic E-state index is 0.258. The highest BCUT2D eigenvalue weighted by atomic mass is 35.5. The van der Waals surface area contributed by atoms with Crippen molar-refractivity contribution in [1.82, 2.24) is 4.98 Å². The summed E-state index contributed by atoms with van der Waals surface area (Å²) in [6.07, 6.45) is 1.59. The third kappa shape index (κ3) is 3.16. The summed E-state index contributed by atoms with van der Waals surface area (Å²) < 4.78 is 0. The Labute approximate surface area is 120 Å². The molecule has 0 spiro atoms. The van der Waals surface area contributed by atoms with Crippen LogP contribution in [0, 0.1) is 0 Å². The van der Waals surface area contributed by atoms with Crippen molar-refractivity contribution >= 4 is 40.6 Å². The minimum Gasteiger partial charge on any atom is -0.373 e. The third-order valence-corrected chi connectivity index (χ3v) is 3.09. The summed E-state index contributed by atoms with van der Waals surface area (Å²) in [4.78, 5) is 16.2. The predicted molar refractivity (Wildman–Crippen MR) is 78.2 cm³/mol. The van der Waals surface area contributed by atoms with E-state index < -0.39 is 0 Å². The highest BCUT2D eigenvalue weighted by Crippen LogP contribution is 2.25. The smallest absolute Gasteiger partial charge is 0.258 e. The molecule has 1 amide bonds. The van der Waals surface area contributed by atoms with E-state index in [0.717, 1.165) is 0 Å². The summed E-state index contributed by atoms with van der Waals surface area (Å²) in [5, 5.41) is 6.24. The predicted octanol–water partition coefficient (Wildman–Crippen LogP) is 3.68. The van der Waals surface area contributed by atoms with Crippen LogP contribution in [0.5, 0.6) is 0 Å². The second kappa shape index (κ2) is 5.91. The number of pyridine rings is 1. The van der Waals surface area contributed by atoms with Gasteiger partial charge in [0.15, 0.2) is 0 Å². The first kappa shape index (κ1) is 13.6. The number of hydrogen-bond donors (Lipinski definition) is 2. The highest BCUT2D eigenvalue weighted by molar-refractivity contribution is 6.40. The number of halogens is 2. The number of amides is 1. The molecule has 6 heteroatoms. The summed E-state index contributed by atoms with van der Waals surface area (Å²) >= 11 is 12.0. The number of hydrogen-bond acceptors (Lipinski definition) is 3. The quantitative estimate of drug-likeness (QED) is 0.908. The number of aromatic nitrogens is 1. The zero-order chi connectivity index (χ0) is 13.8. The zero-order valence-electron chi connectivity index (χ0n) is 10.1. The fourth-order valence-corrected chi connectivity index (χ4v) is 2.12. The molecule has 0 unspecified atom stereocenters. The molecule has 0 saturated carbocycles. The molecule has 0 saturated heterocycles. The van der Waals surface area contributed by atoms with E-state index in [-0.39, 0.29) is 11.5 Å². The van der Waals surface area contributed by atoms with Gasteiger partial charge in [0, 0.05) is 25.0 Å². The molecule has 0 aliphatic heterocycles. The molecule has 2 aromatic rings. The van der Waals surface area contributed by atoms with Gasteiger partial charge in [0.2, 0.25) is 0 Å². The van der Waals surface area contributed by atoms with Crippen LogP contribution in [0.4, 0.5) is 11.5 Å². The van der Waals surface area contributed by atoms with Gasteiger partial charge in [-0.05, 0) is 18.2 Å². The van der Waals surface area contributed by atoms with Crippen molar-refractivity contribution in [1.29, 1.82) is 0 Å². The van der Waals surface area contributed by atoms with Crippen molar-refractivity contribution in [2.75, 3.05) is 17.7 Å². The average Bonchev–Trinajstić information content (AvgIpc) is 2.38. The topological polar surface area (TPSA) is 54.0 Å². The fraction of sp³-hybridized carbons (Fsp3) is 0.0769. The number of nitrogens with zero attached hydrogens (tertiary/aromatic N) is 1. The molecule has 0 fully saturated rings. The highest BCUT2D eigenvalue weighted by Gasteiger charge is 2.14. The lowest BCUT2D eigenvalue weighted by Crippen LogP contribution is -2.13. The molecule has 1 aromatic heterocycles. The van der Waals surface area contributed by atoms with Crippen LogP contribution in [0.1, 0.15) is 10.4 Å². The Morgan fingerprint density at radius 3 is 2.53 bits per heavy atom. The van der Waals surface area contributed by atoms with E-state index >= 15 is 0 Å². The number of anilines is 2. The van der Waals surface area contributed by atoms with Crippen molar-refractivity contribution in [2.24, 2.45) is 0 Å². The standard InChI is InChI=1S/C13H11Cl2N3O/c1-16-11-7-8(5-6-17-11)18-13(19)12-9(14)3-2-4-10(12)15/h2-7H,1H3,(H2,16,17,18,19). The van der Waals surface area contributed by atoms with Crippen molar-refractivity contribution < 1.29 is 4.79 Å². The maximum absolute atomic E-state index is 12.1. The van der Waals surface area contributed by atoms with E-state index in [0.29, 0.717) is 21.6 Å². The molecular weight excluding hydrogens is 285 g/mol.